The standard InChI is InChI=1S/C16H28N2O/c1-5-12-18(6-2)13-15(17-4)14-10-8-9-11-16(14)19-7-3/h8-11,15,17H,5-7,12-13H2,1-4H3. The molecular weight excluding hydrogens is 236 g/mol. The molecule has 1 N–H and O–H groups in total. The van der Waals surface area contributed by atoms with Crippen LogP contribution in [0.3, 0.4) is 0 Å². The summed E-state index contributed by atoms with van der Waals surface area (Å²) in [5.41, 5.74) is 1.25. The molecule has 0 aliphatic rings. The van der Waals surface area contributed by atoms with Crippen molar-refractivity contribution in [3.63, 3.8) is 0 Å². The van der Waals surface area contributed by atoms with E-state index >= 15 is 0 Å². The quantitative estimate of drug-likeness (QED) is 0.742. The molecule has 0 saturated carbocycles. The molecular formula is C16H28N2O. The second kappa shape index (κ2) is 8.94. The maximum atomic E-state index is 5.74. The summed E-state index contributed by atoms with van der Waals surface area (Å²) >= 11 is 0. The zero-order valence-electron chi connectivity index (χ0n) is 12.8. The molecule has 1 atom stereocenters. The number of nitrogens with zero attached hydrogens (tertiary/aromatic N) is 1. The Morgan fingerprint density at radius 1 is 1.21 bits per heavy atom. The molecule has 1 rings (SSSR count). The summed E-state index contributed by atoms with van der Waals surface area (Å²) < 4.78 is 5.74. The number of para-hydroxylation sites is 1. The van der Waals surface area contributed by atoms with Crippen molar-refractivity contribution < 1.29 is 4.74 Å². The highest BCUT2D eigenvalue weighted by Crippen LogP contribution is 2.25. The first-order chi connectivity index (χ1) is 9.26. The average Bonchev–Trinajstić information content (AvgIpc) is 2.45. The van der Waals surface area contributed by atoms with Gasteiger partial charge in [0.05, 0.1) is 6.61 Å². The van der Waals surface area contributed by atoms with Gasteiger partial charge >= 0.3 is 0 Å². The molecule has 0 radical (unpaired) electrons. The van der Waals surface area contributed by atoms with Crippen molar-refractivity contribution in [2.45, 2.75) is 33.2 Å². The van der Waals surface area contributed by atoms with Gasteiger partial charge in [0.2, 0.25) is 0 Å². The lowest BCUT2D eigenvalue weighted by Crippen LogP contribution is -2.34. The highest BCUT2D eigenvalue weighted by Gasteiger charge is 2.16. The summed E-state index contributed by atoms with van der Waals surface area (Å²) in [6.07, 6.45) is 1.19. The second-order valence-electron chi connectivity index (χ2n) is 4.71. The van der Waals surface area contributed by atoms with Gasteiger partial charge in [0, 0.05) is 18.2 Å². The Kier molecular flexibility index (Phi) is 7.53. The van der Waals surface area contributed by atoms with Crippen LogP contribution in [0.1, 0.15) is 38.8 Å². The number of hydrogen-bond acceptors (Lipinski definition) is 3. The predicted molar refractivity (Wildman–Crippen MR) is 81.8 cm³/mol. The van der Waals surface area contributed by atoms with Crippen molar-refractivity contribution in [2.75, 3.05) is 33.3 Å². The summed E-state index contributed by atoms with van der Waals surface area (Å²) in [6, 6.07) is 8.64. The zero-order chi connectivity index (χ0) is 14.1. The highest BCUT2D eigenvalue weighted by atomic mass is 16.5. The summed E-state index contributed by atoms with van der Waals surface area (Å²) in [5.74, 6) is 0.997. The first-order valence-corrected chi connectivity index (χ1v) is 7.38. The minimum absolute atomic E-state index is 0.314. The van der Waals surface area contributed by atoms with Crippen molar-refractivity contribution in [1.29, 1.82) is 0 Å². The highest BCUT2D eigenvalue weighted by molar-refractivity contribution is 5.36. The summed E-state index contributed by atoms with van der Waals surface area (Å²) in [6.45, 7) is 10.4. The number of benzene rings is 1. The average molecular weight is 264 g/mol. The van der Waals surface area contributed by atoms with Gasteiger partial charge in [-0.25, -0.2) is 0 Å². The lowest BCUT2D eigenvalue weighted by atomic mass is 10.0. The molecule has 0 spiro atoms. The molecule has 0 saturated heterocycles. The molecule has 1 aromatic carbocycles. The van der Waals surface area contributed by atoms with E-state index in [4.69, 9.17) is 4.74 Å². The summed E-state index contributed by atoms with van der Waals surface area (Å²) in [5, 5.41) is 3.42. The van der Waals surface area contributed by atoms with E-state index in [9.17, 15) is 0 Å². The van der Waals surface area contributed by atoms with Gasteiger partial charge in [-0.05, 0) is 39.5 Å². The fraction of sp³-hybridized carbons (Fsp3) is 0.625. The summed E-state index contributed by atoms with van der Waals surface area (Å²) in [7, 11) is 2.02. The molecule has 1 aromatic rings. The van der Waals surface area contributed by atoms with Crippen molar-refractivity contribution in [2.24, 2.45) is 0 Å². The Bertz CT molecular complexity index is 354. The van der Waals surface area contributed by atoms with Crippen LogP contribution in [0, 0.1) is 0 Å². The van der Waals surface area contributed by atoms with Crippen LogP contribution in [0.15, 0.2) is 24.3 Å². The number of ether oxygens (including phenoxy) is 1. The Labute approximate surface area is 118 Å². The van der Waals surface area contributed by atoms with Crippen LogP contribution >= 0.6 is 0 Å². The second-order valence-corrected chi connectivity index (χ2v) is 4.71. The number of hydrogen-bond donors (Lipinski definition) is 1. The Morgan fingerprint density at radius 3 is 2.53 bits per heavy atom. The smallest absolute Gasteiger partial charge is 0.124 e. The Hall–Kier alpha value is -1.06. The number of likely N-dealkylation sites (N-methyl/N-ethyl adjacent to an activating group) is 2. The molecule has 19 heavy (non-hydrogen) atoms. The van der Waals surface area contributed by atoms with E-state index in [-0.39, 0.29) is 0 Å². The van der Waals surface area contributed by atoms with E-state index in [0.29, 0.717) is 12.6 Å². The van der Waals surface area contributed by atoms with Gasteiger partial charge < -0.3 is 15.0 Å². The minimum Gasteiger partial charge on any atom is -0.494 e. The Balaban J connectivity index is 2.83. The van der Waals surface area contributed by atoms with Crippen molar-refractivity contribution in [1.82, 2.24) is 10.2 Å². The van der Waals surface area contributed by atoms with E-state index in [2.05, 4.69) is 42.3 Å². The third-order valence-corrected chi connectivity index (χ3v) is 3.37. The molecule has 0 heterocycles. The first-order valence-electron chi connectivity index (χ1n) is 7.38. The van der Waals surface area contributed by atoms with Gasteiger partial charge in [0.1, 0.15) is 5.75 Å². The molecule has 0 amide bonds. The van der Waals surface area contributed by atoms with Crippen molar-refractivity contribution >= 4 is 0 Å². The van der Waals surface area contributed by atoms with Gasteiger partial charge in [-0.3, -0.25) is 0 Å². The lowest BCUT2D eigenvalue weighted by Gasteiger charge is -2.27. The van der Waals surface area contributed by atoms with Crippen LogP contribution in [0.5, 0.6) is 5.75 Å². The SMILES string of the molecule is CCCN(CC)CC(NC)c1ccccc1OCC. The fourth-order valence-corrected chi connectivity index (χ4v) is 2.35. The predicted octanol–water partition coefficient (Wildman–Crippen LogP) is 3.08. The monoisotopic (exact) mass is 264 g/mol. The van der Waals surface area contributed by atoms with Gasteiger partial charge in [0.25, 0.3) is 0 Å². The molecule has 108 valence electrons. The molecule has 0 aliphatic carbocycles. The van der Waals surface area contributed by atoms with Crippen LogP contribution in [-0.2, 0) is 0 Å². The van der Waals surface area contributed by atoms with Gasteiger partial charge in [-0.1, -0.05) is 32.0 Å². The Morgan fingerprint density at radius 2 is 1.95 bits per heavy atom. The third-order valence-electron chi connectivity index (χ3n) is 3.37. The van der Waals surface area contributed by atoms with Crippen LogP contribution in [0.2, 0.25) is 0 Å². The molecule has 3 heteroatoms. The van der Waals surface area contributed by atoms with E-state index in [1.54, 1.807) is 0 Å². The molecule has 3 nitrogen and oxygen atoms in total. The molecule has 0 bridgehead atoms. The molecule has 0 aliphatic heterocycles. The normalized spacial score (nSPS) is 12.7. The minimum atomic E-state index is 0.314. The lowest BCUT2D eigenvalue weighted by molar-refractivity contribution is 0.254. The van der Waals surface area contributed by atoms with E-state index < -0.39 is 0 Å². The number of rotatable bonds is 9. The van der Waals surface area contributed by atoms with Gasteiger partial charge in [0.15, 0.2) is 0 Å². The van der Waals surface area contributed by atoms with Crippen LogP contribution in [0.4, 0.5) is 0 Å². The first kappa shape index (κ1) is 16.0. The molecule has 0 aromatic heterocycles. The third kappa shape index (κ3) is 4.84. The van der Waals surface area contributed by atoms with E-state index in [1.165, 1.54) is 12.0 Å². The van der Waals surface area contributed by atoms with E-state index in [1.807, 2.05) is 20.0 Å². The zero-order valence-corrected chi connectivity index (χ0v) is 12.8. The molecule has 0 fully saturated rings. The van der Waals surface area contributed by atoms with Gasteiger partial charge in [-0.15, -0.1) is 0 Å². The van der Waals surface area contributed by atoms with E-state index in [0.717, 1.165) is 25.4 Å². The van der Waals surface area contributed by atoms with Crippen LogP contribution < -0.4 is 10.1 Å². The van der Waals surface area contributed by atoms with Crippen LogP contribution in [0.25, 0.3) is 0 Å². The number of nitrogens with one attached hydrogen (secondary N) is 1. The van der Waals surface area contributed by atoms with Gasteiger partial charge in [-0.2, -0.15) is 0 Å². The van der Waals surface area contributed by atoms with Crippen molar-refractivity contribution in [3.8, 4) is 5.75 Å². The van der Waals surface area contributed by atoms with Crippen LogP contribution in [-0.4, -0.2) is 38.2 Å². The van der Waals surface area contributed by atoms with Crippen molar-refractivity contribution in [3.05, 3.63) is 29.8 Å². The maximum Gasteiger partial charge on any atom is 0.124 e. The topological polar surface area (TPSA) is 24.5 Å². The summed E-state index contributed by atoms with van der Waals surface area (Å²) in [4.78, 5) is 2.48. The largest absolute Gasteiger partial charge is 0.494 e. The fourth-order valence-electron chi connectivity index (χ4n) is 2.35. The molecule has 1 unspecified atom stereocenters. The maximum absolute atomic E-state index is 5.74.